The predicted octanol–water partition coefficient (Wildman–Crippen LogP) is 2.15. The number of benzene rings is 1. The molecule has 0 unspecified atom stereocenters. The summed E-state index contributed by atoms with van der Waals surface area (Å²) < 4.78 is 37.1. The average Bonchev–Trinajstić information content (AvgIpc) is 2.78. The van der Waals surface area contributed by atoms with Crippen LogP contribution in [0, 0.1) is 0 Å². The highest BCUT2D eigenvalue weighted by molar-refractivity contribution is 7.98. The summed E-state index contributed by atoms with van der Waals surface area (Å²) >= 11 is 1.39. The first-order chi connectivity index (χ1) is 8.05. The molecule has 3 nitrogen and oxygen atoms in total. The number of H-pyrrole nitrogens is 1. The van der Waals surface area contributed by atoms with Gasteiger partial charge in [-0.2, -0.15) is 5.10 Å². The Bertz CT molecular complexity index is 469. The molecule has 0 fully saturated rings. The zero-order chi connectivity index (χ0) is 12.3. The van der Waals surface area contributed by atoms with Gasteiger partial charge in [0.05, 0.1) is 0 Å². The van der Waals surface area contributed by atoms with Crippen LogP contribution in [0.1, 0.15) is 5.56 Å². The zero-order valence-corrected chi connectivity index (χ0v) is 9.42. The first-order valence-electron chi connectivity index (χ1n) is 4.82. The molecule has 0 aliphatic rings. The fourth-order valence-electron chi connectivity index (χ4n) is 1.25. The number of hydrogen-bond acceptors (Lipinski definition) is 3. The lowest BCUT2D eigenvalue weighted by molar-refractivity contribution is 0.501. The number of rotatable bonds is 4. The molecule has 0 aliphatic carbocycles. The van der Waals surface area contributed by atoms with Gasteiger partial charge in [-0.3, -0.25) is 5.10 Å². The molecule has 2 aromatic rings. The van der Waals surface area contributed by atoms with E-state index in [0.29, 0.717) is 10.9 Å². The van der Waals surface area contributed by atoms with E-state index in [1.54, 1.807) is 0 Å². The summed E-state index contributed by atoms with van der Waals surface area (Å²) in [6, 6.07) is 5.18. The van der Waals surface area contributed by atoms with Gasteiger partial charge in [0.1, 0.15) is 6.33 Å². The number of aromatic nitrogens is 3. The van der Waals surface area contributed by atoms with Crippen molar-refractivity contribution in [2.75, 3.05) is 0 Å². The largest absolute Gasteiger partial charge is 0.509 e. The van der Waals surface area contributed by atoms with Gasteiger partial charge >= 0.3 is 6.98 Å². The van der Waals surface area contributed by atoms with Crippen LogP contribution in [0.4, 0.5) is 12.9 Å². The lowest BCUT2D eigenvalue weighted by Gasteiger charge is -2.14. The van der Waals surface area contributed by atoms with Crippen LogP contribution in [0.25, 0.3) is 0 Å². The van der Waals surface area contributed by atoms with Crippen molar-refractivity contribution in [3.63, 3.8) is 0 Å². The van der Waals surface area contributed by atoms with Crippen LogP contribution < -0.4 is 5.46 Å². The van der Waals surface area contributed by atoms with Gasteiger partial charge in [-0.05, 0) is 5.56 Å². The summed E-state index contributed by atoms with van der Waals surface area (Å²) in [7, 11) is 0. The zero-order valence-electron chi connectivity index (χ0n) is 8.61. The van der Waals surface area contributed by atoms with Crippen molar-refractivity contribution < 1.29 is 12.9 Å². The lowest BCUT2D eigenvalue weighted by atomic mass is 9.80. The van der Waals surface area contributed by atoms with Crippen molar-refractivity contribution in [2.45, 2.75) is 10.9 Å². The summed E-state index contributed by atoms with van der Waals surface area (Å²) in [5.41, 5.74) is 0.244. The number of nitrogens with one attached hydrogen (secondary N) is 1. The third kappa shape index (κ3) is 3.26. The molecule has 17 heavy (non-hydrogen) atoms. The summed E-state index contributed by atoms with van der Waals surface area (Å²) in [4.78, 5) is 3.91. The number of halogens is 3. The Morgan fingerprint density at radius 2 is 1.88 bits per heavy atom. The first kappa shape index (κ1) is 12.0. The van der Waals surface area contributed by atoms with Crippen molar-refractivity contribution in [3.8, 4) is 0 Å². The normalized spacial score (nSPS) is 11.7. The van der Waals surface area contributed by atoms with Crippen LogP contribution in [0.3, 0.4) is 0 Å². The molecule has 8 heteroatoms. The molecule has 0 atom stereocenters. The molecule has 0 saturated carbocycles. The molecule has 0 bridgehead atoms. The summed E-state index contributed by atoms with van der Waals surface area (Å²) in [5.74, 6) is 0.556. The van der Waals surface area contributed by atoms with Gasteiger partial charge in [0.25, 0.3) is 0 Å². The second-order valence-corrected chi connectivity index (χ2v) is 4.36. The molecule has 1 N–H and O–H groups in total. The third-order valence-corrected chi connectivity index (χ3v) is 3.07. The van der Waals surface area contributed by atoms with Gasteiger partial charge in [0.2, 0.25) is 0 Å². The van der Waals surface area contributed by atoms with Crippen LogP contribution in [0.15, 0.2) is 35.7 Å². The van der Waals surface area contributed by atoms with E-state index in [0.717, 1.165) is 17.7 Å². The minimum Gasteiger partial charge on any atom is -0.445 e. The van der Waals surface area contributed by atoms with E-state index in [2.05, 4.69) is 15.2 Å². The van der Waals surface area contributed by atoms with Gasteiger partial charge in [-0.25, -0.2) is 4.98 Å². The van der Waals surface area contributed by atoms with Crippen LogP contribution >= 0.6 is 11.8 Å². The van der Waals surface area contributed by atoms with E-state index in [1.807, 2.05) is 0 Å². The maximum Gasteiger partial charge on any atom is 0.509 e. The molecule has 0 saturated heterocycles. The minimum atomic E-state index is -4.91. The summed E-state index contributed by atoms with van der Waals surface area (Å²) in [6.45, 7) is -4.91. The minimum absolute atomic E-state index is 0.556. The molecular weight excluding hydrogens is 250 g/mol. The van der Waals surface area contributed by atoms with Crippen LogP contribution in [0.2, 0.25) is 0 Å². The van der Waals surface area contributed by atoms with Gasteiger partial charge in [-0.1, -0.05) is 36.0 Å². The Labute approximate surface area is 99.9 Å². The number of aromatic amines is 1. The molecule has 1 aromatic carbocycles. The van der Waals surface area contributed by atoms with Crippen molar-refractivity contribution in [1.82, 2.24) is 15.2 Å². The molecule has 0 aliphatic heterocycles. The molecular formula is C9H8BF3N3S-. The van der Waals surface area contributed by atoms with E-state index < -0.39 is 12.4 Å². The van der Waals surface area contributed by atoms with Gasteiger partial charge < -0.3 is 12.9 Å². The molecule has 2 rings (SSSR count). The summed E-state index contributed by atoms with van der Waals surface area (Å²) in [5, 5.41) is 6.99. The van der Waals surface area contributed by atoms with E-state index >= 15 is 0 Å². The molecule has 0 radical (unpaired) electrons. The first-order valence-corrected chi connectivity index (χ1v) is 5.81. The molecule has 0 spiro atoms. The third-order valence-electron chi connectivity index (χ3n) is 2.13. The van der Waals surface area contributed by atoms with Gasteiger partial charge in [0.15, 0.2) is 5.16 Å². The topological polar surface area (TPSA) is 41.6 Å². The maximum atomic E-state index is 12.4. The van der Waals surface area contributed by atoms with E-state index in [9.17, 15) is 12.9 Å². The number of nitrogens with zero attached hydrogens (tertiary/aromatic N) is 2. The van der Waals surface area contributed by atoms with Gasteiger partial charge in [0, 0.05) is 5.75 Å². The highest BCUT2D eigenvalue weighted by Gasteiger charge is 2.24. The van der Waals surface area contributed by atoms with Crippen LogP contribution in [0.5, 0.6) is 0 Å². The van der Waals surface area contributed by atoms with Crippen LogP contribution in [-0.2, 0) is 5.75 Å². The van der Waals surface area contributed by atoms with E-state index in [4.69, 9.17) is 0 Å². The lowest BCUT2D eigenvalue weighted by Crippen LogP contribution is -2.33. The highest BCUT2D eigenvalue weighted by atomic mass is 32.2. The number of hydrogen-bond donors (Lipinski definition) is 1. The maximum absolute atomic E-state index is 12.4. The van der Waals surface area contributed by atoms with E-state index in [-0.39, 0.29) is 0 Å². The molecule has 0 amide bonds. The molecule has 90 valence electrons. The highest BCUT2D eigenvalue weighted by Crippen LogP contribution is 2.18. The average molecular weight is 258 g/mol. The van der Waals surface area contributed by atoms with Crippen LogP contribution in [-0.4, -0.2) is 22.2 Å². The molecule has 1 heterocycles. The standard InChI is InChI=1S/C9H8BF3N3S/c11-10(12,13)8-3-1-7(2-4-8)5-17-9-14-6-15-16-9/h1-4,6H,5H2,(H,14,15,16)/q-1. The molecule has 1 aromatic heterocycles. The number of thioether (sulfide) groups is 1. The Morgan fingerprint density at radius 3 is 2.41 bits per heavy atom. The monoisotopic (exact) mass is 258 g/mol. The fourth-order valence-corrected chi connectivity index (χ4v) is 1.98. The summed E-state index contributed by atoms with van der Waals surface area (Å²) in [6.07, 6.45) is 1.39. The van der Waals surface area contributed by atoms with Crippen molar-refractivity contribution in [2.24, 2.45) is 0 Å². The van der Waals surface area contributed by atoms with Gasteiger partial charge in [-0.15, -0.1) is 5.46 Å². The van der Waals surface area contributed by atoms with Crippen molar-refractivity contribution in [1.29, 1.82) is 0 Å². The predicted molar refractivity (Wildman–Crippen MR) is 61.1 cm³/mol. The Kier molecular flexibility index (Phi) is 3.42. The van der Waals surface area contributed by atoms with Crippen molar-refractivity contribution in [3.05, 3.63) is 36.2 Å². The smallest absolute Gasteiger partial charge is 0.445 e. The van der Waals surface area contributed by atoms with Crippen molar-refractivity contribution >= 4 is 24.2 Å². The quantitative estimate of drug-likeness (QED) is 0.674. The second-order valence-electron chi connectivity index (χ2n) is 3.40. The van der Waals surface area contributed by atoms with E-state index in [1.165, 1.54) is 30.2 Å². The Hall–Kier alpha value is -1.44. The fraction of sp³-hybridized carbons (Fsp3) is 0.111. The second kappa shape index (κ2) is 4.83. The SMILES string of the molecule is F[B-](F)(F)c1ccc(CSc2ncn[nH]2)cc1. The Balaban J connectivity index is 1.99. The Morgan fingerprint density at radius 1 is 1.18 bits per heavy atom.